The van der Waals surface area contributed by atoms with Gasteiger partial charge in [-0.1, -0.05) is 6.92 Å². The van der Waals surface area contributed by atoms with Crippen LogP contribution in [0.1, 0.15) is 37.7 Å². The molecule has 1 aromatic heterocycles. The third-order valence-corrected chi connectivity index (χ3v) is 4.94. The van der Waals surface area contributed by atoms with E-state index in [1.807, 2.05) is 24.0 Å². The zero-order chi connectivity index (χ0) is 17.8. The van der Waals surface area contributed by atoms with Gasteiger partial charge in [-0.3, -0.25) is 14.5 Å². The van der Waals surface area contributed by atoms with Gasteiger partial charge in [-0.2, -0.15) is 0 Å². The molecule has 1 saturated heterocycles. The van der Waals surface area contributed by atoms with Crippen molar-refractivity contribution in [2.24, 2.45) is 5.92 Å². The molecule has 136 valence electrons. The lowest BCUT2D eigenvalue weighted by Crippen LogP contribution is -2.50. The average Bonchev–Trinajstić information content (AvgIpc) is 3.14. The van der Waals surface area contributed by atoms with Crippen LogP contribution in [-0.2, 0) is 9.59 Å². The van der Waals surface area contributed by atoms with Gasteiger partial charge in [-0.25, -0.2) is 0 Å². The molecule has 2 unspecified atom stereocenters. The smallest absolute Gasteiger partial charge is 0.246 e. The van der Waals surface area contributed by atoms with Crippen molar-refractivity contribution in [2.45, 2.75) is 26.2 Å². The molecule has 6 nitrogen and oxygen atoms in total. The van der Waals surface area contributed by atoms with E-state index in [1.54, 1.807) is 12.2 Å². The van der Waals surface area contributed by atoms with Gasteiger partial charge in [0.2, 0.25) is 11.8 Å². The Kier molecular flexibility index (Phi) is 5.58. The number of carbonyl (C=O) groups is 2. The number of nitrogens with zero attached hydrogens (tertiary/aromatic N) is 2. The molecule has 2 atom stereocenters. The van der Waals surface area contributed by atoms with Gasteiger partial charge in [0.15, 0.2) is 0 Å². The molecule has 0 spiro atoms. The summed E-state index contributed by atoms with van der Waals surface area (Å²) in [6, 6.07) is 3.94. The maximum Gasteiger partial charge on any atom is 0.246 e. The molecule has 1 aliphatic heterocycles. The van der Waals surface area contributed by atoms with Crippen molar-refractivity contribution in [1.82, 2.24) is 15.1 Å². The van der Waals surface area contributed by atoms with E-state index in [9.17, 15) is 9.59 Å². The van der Waals surface area contributed by atoms with E-state index in [1.165, 1.54) is 6.42 Å². The number of carbonyl (C=O) groups excluding carboxylic acids is 2. The molecule has 2 aliphatic rings. The summed E-state index contributed by atoms with van der Waals surface area (Å²) in [5.74, 6) is 3.06. The van der Waals surface area contributed by atoms with Crippen LogP contribution in [0.5, 0.6) is 0 Å². The summed E-state index contributed by atoms with van der Waals surface area (Å²) in [6.07, 6.45) is 4.52. The van der Waals surface area contributed by atoms with Crippen molar-refractivity contribution in [3.63, 3.8) is 0 Å². The molecular formula is C19H27N3O3. The van der Waals surface area contributed by atoms with Crippen LogP contribution in [-0.4, -0.2) is 60.9 Å². The SMILES string of the molecule is CCNC(=O)CN1CCN(C(=O)/C=C/c2ccc(C3CC3C)o2)CC1. The molecule has 2 heterocycles. The number of likely N-dealkylation sites (N-methyl/N-ethyl adjacent to an activating group) is 1. The number of hydrogen-bond donors (Lipinski definition) is 1. The summed E-state index contributed by atoms with van der Waals surface area (Å²) < 4.78 is 5.79. The Morgan fingerprint density at radius 3 is 2.64 bits per heavy atom. The van der Waals surface area contributed by atoms with Gasteiger partial charge in [-0.15, -0.1) is 0 Å². The summed E-state index contributed by atoms with van der Waals surface area (Å²) >= 11 is 0. The van der Waals surface area contributed by atoms with Crippen molar-refractivity contribution >= 4 is 17.9 Å². The Hall–Kier alpha value is -2.08. The van der Waals surface area contributed by atoms with Crippen LogP contribution in [0.2, 0.25) is 0 Å². The van der Waals surface area contributed by atoms with Crippen LogP contribution in [0.25, 0.3) is 6.08 Å². The minimum atomic E-state index is -0.00426. The molecule has 6 heteroatoms. The van der Waals surface area contributed by atoms with E-state index < -0.39 is 0 Å². The summed E-state index contributed by atoms with van der Waals surface area (Å²) in [7, 11) is 0. The molecule has 1 aromatic rings. The van der Waals surface area contributed by atoms with Gasteiger partial charge in [0, 0.05) is 44.7 Å². The highest BCUT2D eigenvalue weighted by molar-refractivity contribution is 5.91. The first-order valence-corrected chi connectivity index (χ1v) is 9.12. The van der Waals surface area contributed by atoms with Crippen LogP contribution in [0.4, 0.5) is 0 Å². The van der Waals surface area contributed by atoms with E-state index in [-0.39, 0.29) is 11.8 Å². The summed E-state index contributed by atoms with van der Waals surface area (Å²) in [5.41, 5.74) is 0. The maximum atomic E-state index is 12.3. The third kappa shape index (κ3) is 4.72. The average molecular weight is 345 g/mol. The first-order valence-electron chi connectivity index (χ1n) is 9.12. The van der Waals surface area contributed by atoms with Gasteiger partial charge < -0.3 is 14.6 Å². The fraction of sp³-hybridized carbons (Fsp3) is 0.579. The fourth-order valence-corrected chi connectivity index (χ4v) is 3.22. The molecular weight excluding hydrogens is 318 g/mol. The third-order valence-electron chi connectivity index (χ3n) is 4.94. The number of piperazine rings is 1. The lowest BCUT2D eigenvalue weighted by Gasteiger charge is -2.33. The van der Waals surface area contributed by atoms with Crippen LogP contribution in [0, 0.1) is 5.92 Å². The molecule has 0 bridgehead atoms. The first kappa shape index (κ1) is 17.7. The second kappa shape index (κ2) is 7.87. The minimum absolute atomic E-state index is 0.00426. The van der Waals surface area contributed by atoms with Gasteiger partial charge >= 0.3 is 0 Å². The Labute approximate surface area is 148 Å². The van der Waals surface area contributed by atoms with E-state index in [2.05, 4.69) is 17.1 Å². The second-order valence-electron chi connectivity index (χ2n) is 6.95. The lowest BCUT2D eigenvalue weighted by molar-refractivity contribution is -0.128. The molecule has 1 saturated carbocycles. The lowest BCUT2D eigenvalue weighted by atomic mass is 10.2. The maximum absolute atomic E-state index is 12.3. The van der Waals surface area contributed by atoms with Crippen molar-refractivity contribution in [3.05, 3.63) is 29.7 Å². The van der Waals surface area contributed by atoms with Gasteiger partial charge in [0.05, 0.1) is 6.54 Å². The zero-order valence-corrected chi connectivity index (χ0v) is 15.0. The molecule has 0 aromatic carbocycles. The number of hydrogen-bond acceptors (Lipinski definition) is 4. The first-order chi connectivity index (χ1) is 12.1. The predicted molar refractivity (Wildman–Crippen MR) is 96.0 cm³/mol. The predicted octanol–water partition coefficient (Wildman–Crippen LogP) is 1.70. The fourth-order valence-electron chi connectivity index (χ4n) is 3.22. The molecule has 1 N–H and O–H groups in total. The Morgan fingerprint density at radius 1 is 1.28 bits per heavy atom. The van der Waals surface area contributed by atoms with Gasteiger partial charge in [0.25, 0.3) is 0 Å². The number of amides is 2. The molecule has 2 amide bonds. The van der Waals surface area contributed by atoms with Crippen molar-refractivity contribution < 1.29 is 14.0 Å². The molecule has 25 heavy (non-hydrogen) atoms. The highest BCUT2D eigenvalue weighted by atomic mass is 16.3. The van der Waals surface area contributed by atoms with Crippen LogP contribution < -0.4 is 5.32 Å². The van der Waals surface area contributed by atoms with E-state index in [4.69, 9.17) is 4.42 Å². The summed E-state index contributed by atoms with van der Waals surface area (Å²) in [6.45, 7) is 7.92. The van der Waals surface area contributed by atoms with Crippen LogP contribution >= 0.6 is 0 Å². The zero-order valence-electron chi connectivity index (χ0n) is 15.0. The van der Waals surface area contributed by atoms with Gasteiger partial charge in [-0.05, 0) is 37.5 Å². The van der Waals surface area contributed by atoms with Crippen LogP contribution in [0.15, 0.2) is 22.6 Å². The molecule has 0 radical (unpaired) electrons. The van der Waals surface area contributed by atoms with Crippen molar-refractivity contribution in [3.8, 4) is 0 Å². The monoisotopic (exact) mass is 345 g/mol. The van der Waals surface area contributed by atoms with Gasteiger partial charge in [0.1, 0.15) is 11.5 Å². The quantitative estimate of drug-likeness (QED) is 0.797. The molecule has 2 fully saturated rings. The van der Waals surface area contributed by atoms with E-state index >= 15 is 0 Å². The Balaban J connectivity index is 1.44. The standard InChI is InChI=1S/C19H27N3O3/c1-3-20-18(23)13-21-8-10-22(11-9-21)19(24)7-5-15-4-6-17(25-15)16-12-14(16)2/h4-7,14,16H,3,8-13H2,1-2H3,(H,20,23)/b7-5+. The van der Waals surface area contributed by atoms with E-state index in [0.717, 1.165) is 24.6 Å². The minimum Gasteiger partial charge on any atom is -0.461 e. The highest BCUT2D eigenvalue weighted by Crippen LogP contribution is 2.47. The number of rotatable bonds is 6. The van der Waals surface area contributed by atoms with E-state index in [0.29, 0.717) is 38.0 Å². The molecule has 3 rings (SSSR count). The number of nitrogens with one attached hydrogen (secondary N) is 1. The second-order valence-corrected chi connectivity index (χ2v) is 6.95. The molecule has 1 aliphatic carbocycles. The van der Waals surface area contributed by atoms with Crippen molar-refractivity contribution in [1.29, 1.82) is 0 Å². The van der Waals surface area contributed by atoms with Crippen molar-refractivity contribution in [2.75, 3.05) is 39.3 Å². The largest absolute Gasteiger partial charge is 0.461 e. The summed E-state index contributed by atoms with van der Waals surface area (Å²) in [5, 5.41) is 2.80. The highest BCUT2D eigenvalue weighted by Gasteiger charge is 2.36. The Morgan fingerprint density at radius 2 is 2.00 bits per heavy atom. The van der Waals surface area contributed by atoms with Crippen LogP contribution in [0.3, 0.4) is 0 Å². The Bertz CT molecular complexity index is 644. The number of furan rings is 1. The normalized spacial score (nSPS) is 23.8. The summed E-state index contributed by atoms with van der Waals surface area (Å²) in [4.78, 5) is 27.8. The topological polar surface area (TPSA) is 65.8 Å².